The van der Waals surface area contributed by atoms with Crippen molar-refractivity contribution in [1.29, 1.82) is 0 Å². The fraction of sp³-hybridized carbons (Fsp3) is 0. The molecule has 4 nitrogen and oxygen atoms in total. The van der Waals surface area contributed by atoms with Gasteiger partial charge in [0.2, 0.25) is 0 Å². The van der Waals surface area contributed by atoms with Crippen molar-refractivity contribution in [2.45, 2.75) is 0 Å². The Kier molecular flexibility index (Phi) is 12.7. The Bertz CT molecular complexity index is 5040. The van der Waals surface area contributed by atoms with Crippen LogP contribution in [0.4, 0.5) is 0 Å². The number of hydrogen-bond donors (Lipinski definition) is 0. The van der Waals surface area contributed by atoms with E-state index < -0.39 is 23.0 Å². The highest BCUT2D eigenvalue weighted by Crippen LogP contribution is 2.46. The van der Waals surface area contributed by atoms with Crippen LogP contribution in [-0.2, 0) is 4.57 Å². The third kappa shape index (κ3) is 8.63. The van der Waals surface area contributed by atoms with E-state index >= 15 is 4.57 Å². The molecule has 16 aromatic rings. The van der Waals surface area contributed by atoms with E-state index in [2.05, 4.69) is 281 Å². The van der Waals surface area contributed by atoms with Gasteiger partial charge in [0.05, 0.1) is 50.2 Å². The summed E-state index contributed by atoms with van der Waals surface area (Å²) in [6.45, 7) is 0. The molecule has 0 aliphatic carbocycles. The van der Waals surface area contributed by atoms with Crippen LogP contribution in [0, 0.1) is 0 Å². The summed E-state index contributed by atoms with van der Waals surface area (Å²) in [5.41, 5.74) is 9.73. The molecular weight excluding hydrogens is 1090 g/mol. The molecule has 0 saturated carbocycles. The summed E-state index contributed by atoms with van der Waals surface area (Å²) in [6.07, 6.45) is 0. The number of nitrogens with zero attached hydrogens (tertiary/aromatic N) is 3. The van der Waals surface area contributed by atoms with Crippen LogP contribution >= 0.6 is 23.0 Å². The van der Waals surface area contributed by atoms with E-state index in [9.17, 15) is 0 Å². The van der Waals surface area contributed by atoms with E-state index in [-0.39, 0.29) is 0 Å². The number of hydrogen-bond acceptors (Lipinski definition) is 1. The Balaban J connectivity index is 0.990. The molecule has 0 radical (unpaired) electrons. The van der Waals surface area contributed by atoms with Gasteiger partial charge in [-0.25, -0.2) is 0 Å². The Labute approximate surface area is 496 Å². The summed E-state index contributed by atoms with van der Waals surface area (Å²) >= 11 is 0. The molecule has 3 heterocycles. The molecule has 0 unspecified atom stereocenters. The van der Waals surface area contributed by atoms with E-state index in [0.717, 1.165) is 76.8 Å². The van der Waals surface area contributed by atoms with Crippen molar-refractivity contribution in [1.82, 2.24) is 13.7 Å². The Morgan fingerprint density at radius 1 is 0.212 bits per heavy atom. The van der Waals surface area contributed by atoms with Gasteiger partial charge < -0.3 is 18.3 Å². The van der Waals surface area contributed by atoms with E-state index in [4.69, 9.17) is 0 Å². The summed E-state index contributed by atoms with van der Waals surface area (Å²) in [7, 11) is -5.18. The number of fused-ring (bicyclic) bond motifs is 9. The van der Waals surface area contributed by atoms with Crippen molar-refractivity contribution in [3.8, 4) is 17.1 Å². The second-order valence-electron chi connectivity index (χ2n) is 21.7. The average molecular weight is 1140 g/mol. The minimum absolute atomic E-state index is 0.794. The SMILES string of the molecule is O=P(c1ccccc1)(c1ccccc1)c1ccc2c(c1)c1cc(P(c3ccccc3)c3ccccc3)ccc1n2-c1cc(-n2c3ccccc3c3ccccc32)cc(-n2c3ccccc3c3cc(P(c4ccccc4)c4ccccc4)ccc32)c1. The van der Waals surface area contributed by atoms with E-state index in [1.807, 2.05) is 60.7 Å². The summed E-state index contributed by atoms with van der Waals surface area (Å²) in [5, 5.41) is 17.1. The van der Waals surface area contributed by atoms with Crippen molar-refractivity contribution in [3.63, 3.8) is 0 Å². The second kappa shape index (κ2) is 21.2. The van der Waals surface area contributed by atoms with Gasteiger partial charge in [-0.2, -0.15) is 0 Å². The summed E-state index contributed by atoms with van der Waals surface area (Å²) in [5.74, 6) is 0. The van der Waals surface area contributed by atoms with Crippen LogP contribution < -0.4 is 47.7 Å². The van der Waals surface area contributed by atoms with Crippen molar-refractivity contribution < 1.29 is 4.57 Å². The van der Waals surface area contributed by atoms with Gasteiger partial charge in [0.25, 0.3) is 0 Å². The molecule has 0 bridgehead atoms. The van der Waals surface area contributed by atoms with E-state index in [1.165, 1.54) is 53.4 Å². The molecule has 0 N–H and O–H groups in total. The average Bonchev–Trinajstić information content (AvgIpc) is 2.80. The van der Waals surface area contributed by atoms with Crippen LogP contribution in [0.2, 0.25) is 0 Å². The molecule has 0 aliphatic heterocycles. The standard InChI is InChI=1S/C78H54N3OP3/c82-85(64-33-15-5-16-34-64,65-35-17-6-18-36-65)66-45-48-78-72(54-66)71-53-63(84(60-29-11-3-12-30-60)61-31-13-4-14-32-61)44-47-77(71)81(78)57-50-55(79-73-40-22-19-37-67(73)68-38-20-23-41-74(68)79)49-56(51-57)80-75-42-24-21-39-69(75)70-52-62(43-46-76(70)80)83(58-25-7-1-8-26-58)59-27-9-2-10-28-59/h1-54H. The molecule has 3 aromatic heterocycles. The fourth-order valence-corrected chi connectivity index (χ4v) is 20.4. The monoisotopic (exact) mass is 1140 g/mol. The topological polar surface area (TPSA) is 31.9 Å². The molecule has 0 spiro atoms. The highest BCUT2D eigenvalue weighted by atomic mass is 31.2. The maximum absolute atomic E-state index is 16.4. The largest absolute Gasteiger partial charge is 0.309 e. The van der Waals surface area contributed by atoms with Gasteiger partial charge >= 0.3 is 0 Å². The van der Waals surface area contributed by atoms with Gasteiger partial charge in [0, 0.05) is 48.2 Å². The van der Waals surface area contributed by atoms with Crippen LogP contribution in [0.15, 0.2) is 328 Å². The van der Waals surface area contributed by atoms with Crippen LogP contribution in [0.25, 0.3) is 82.5 Å². The fourth-order valence-electron chi connectivity index (χ4n) is 13.1. The maximum atomic E-state index is 16.4. The molecule has 0 atom stereocenters. The lowest BCUT2D eigenvalue weighted by molar-refractivity contribution is 0.592. The smallest absolute Gasteiger partial charge is 0.171 e. The zero-order chi connectivity index (χ0) is 56.4. The third-order valence-corrected chi connectivity index (χ3v) is 24.7. The summed E-state index contributed by atoms with van der Waals surface area (Å²) in [4.78, 5) is 0. The highest BCUT2D eigenvalue weighted by Gasteiger charge is 2.31. The molecule has 0 saturated heterocycles. The lowest BCUT2D eigenvalue weighted by Gasteiger charge is -2.20. The first-order chi connectivity index (χ1) is 42.1. The summed E-state index contributed by atoms with van der Waals surface area (Å²) < 4.78 is 23.8. The van der Waals surface area contributed by atoms with Crippen LogP contribution in [-0.4, -0.2) is 13.7 Å². The molecule has 0 aliphatic rings. The number of benzene rings is 13. The van der Waals surface area contributed by atoms with Crippen molar-refractivity contribution in [2.75, 3.05) is 0 Å². The molecule has 0 fully saturated rings. The first kappa shape index (κ1) is 51.0. The maximum Gasteiger partial charge on any atom is 0.171 e. The first-order valence-corrected chi connectivity index (χ1v) is 33.2. The quantitative estimate of drug-likeness (QED) is 0.112. The zero-order valence-electron chi connectivity index (χ0n) is 46.3. The molecular formula is C78H54N3OP3. The van der Waals surface area contributed by atoms with Crippen molar-refractivity contribution in [3.05, 3.63) is 328 Å². The minimum atomic E-state index is -3.38. The van der Waals surface area contributed by atoms with Crippen LogP contribution in [0.1, 0.15) is 0 Å². The van der Waals surface area contributed by atoms with Gasteiger partial charge in [0.15, 0.2) is 7.14 Å². The normalized spacial score (nSPS) is 12.0. The summed E-state index contributed by atoms with van der Waals surface area (Å²) in [6, 6.07) is 119. The second-order valence-corrected chi connectivity index (χ2v) is 28.9. The predicted octanol–water partition coefficient (Wildman–Crippen LogP) is 16.1. The highest BCUT2D eigenvalue weighted by molar-refractivity contribution is 7.85. The zero-order valence-corrected chi connectivity index (χ0v) is 49.0. The van der Waals surface area contributed by atoms with Crippen molar-refractivity contribution >= 4 is 136 Å². The first-order valence-electron chi connectivity index (χ1n) is 28.8. The van der Waals surface area contributed by atoms with E-state index in [1.54, 1.807) is 0 Å². The van der Waals surface area contributed by atoms with Gasteiger partial charge in [-0.05, 0) is 127 Å². The lowest BCUT2D eigenvalue weighted by Crippen LogP contribution is -2.24. The third-order valence-electron chi connectivity index (χ3n) is 16.8. The minimum Gasteiger partial charge on any atom is -0.309 e. The molecule has 402 valence electrons. The van der Waals surface area contributed by atoms with Gasteiger partial charge in [-0.1, -0.05) is 249 Å². The Morgan fingerprint density at radius 2 is 0.482 bits per heavy atom. The van der Waals surface area contributed by atoms with E-state index in [0.29, 0.717) is 0 Å². The molecule has 13 aromatic carbocycles. The van der Waals surface area contributed by atoms with Crippen LogP contribution in [0.5, 0.6) is 0 Å². The number of aromatic nitrogens is 3. The van der Waals surface area contributed by atoms with Gasteiger partial charge in [0.1, 0.15) is 0 Å². The predicted molar refractivity (Wildman–Crippen MR) is 366 cm³/mol. The Morgan fingerprint density at radius 3 is 0.847 bits per heavy atom. The molecule has 85 heavy (non-hydrogen) atoms. The Hall–Kier alpha value is -9.65. The number of para-hydroxylation sites is 3. The van der Waals surface area contributed by atoms with Crippen molar-refractivity contribution in [2.24, 2.45) is 0 Å². The molecule has 7 heteroatoms. The van der Waals surface area contributed by atoms with Gasteiger partial charge in [-0.15, -0.1) is 0 Å². The lowest BCUT2D eigenvalue weighted by atomic mass is 10.1. The van der Waals surface area contributed by atoms with Crippen LogP contribution in [0.3, 0.4) is 0 Å². The molecule has 16 rings (SSSR count). The van der Waals surface area contributed by atoms with Gasteiger partial charge in [-0.3, -0.25) is 0 Å². The molecule has 0 amide bonds. The number of rotatable bonds is 12.